The predicted molar refractivity (Wildman–Crippen MR) is 280 cm³/mol. The van der Waals surface area contributed by atoms with E-state index in [-0.39, 0.29) is 0 Å². The molecule has 0 saturated carbocycles. The first-order chi connectivity index (χ1) is 32.7. The van der Waals surface area contributed by atoms with Crippen molar-refractivity contribution in [2.45, 2.75) is 0 Å². The Morgan fingerprint density at radius 1 is 0.333 bits per heavy atom. The maximum Gasteiger partial charge on any atom is 0.0618 e. The number of rotatable bonds is 9. The van der Waals surface area contributed by atoms with Gasteiger partial charge >= 0.3 is 0 Å². The summed E-state index contributed by atoms with van der Waals surface area (Å²) < 4.78 is 2.47. The Morgan fingerprint density at radius 2 is 0.788 bits per heavy atom. The van der Waals surface area contributed by atoms with Crippen molar-refractivity contribution in [2.24, 2.45) is 11.8 Å². The lowest BCUT2D eigenvalue weighted by Gasteiger charge is -2.27. The van der Waals surface area contributed by atoms with Gasteiger partial charge in [0.25, 0.3) is 0 Å². The van der Waals surface area contributed by atoms with Crippen LogP contribution in [0.1, 0.15) is 5.56 Å². The molecule has 66 heavy (non-hydrogen) atoms. The molecule has 1 aromatic heterocycles. The van der Waals surface area contributed by atoms with Crippen LogP contribution in [-0.4, -0.2) is 4.57 Å². The Kier molecular flexibility index (Phi) is 10.0. The molecule has 0 fully saturated rings. The van der Waals surface area contributed by atoms with E-state index >= 15 is 0 Å². The number of para-hydroxylation sites is 3. The Bertz CT molecular complexity index is 3440. The Morgan fingerprint density at radius 3 is 1.39 bits per heavy atom. The van der Waals surface area contributed by atoms with Crippen LogP contribution >= 0.6 is 0 Å². The van der Waals surface area contributed by atoms with Gasteiger partial charge in [0.05, 0.1) is 16.7 Å². The van der Waals surface area contributed by atoms with Crippen LogP contribution in [0.15, 0.2) is 267 Å². The van der Waals surface area contributed by atoms with E-state index < -0.39 is 0 Å². The molecule has 2 aliphatic rings. The van der Waals surface area contributed by atoms with E-state index in [4.69, 9.17) is 0 Å². The molecular formula is C64H46N2. The topological polar surface area (TPSA) is 8.17 Å². The fourth-order valence-electron chi connectivity index (χ4n) is 10.1. The summed E-state index contributed by atoms with van der Waals surface area (Å²) in [6, 6.07) is 81.8. The average molecular weight is 843 g/mol. The highest BCUT2D eigenvalue weighted by Gasteiger charge is 2.22. The van der Waals surface area contributed by atoms with Gasteiger partial charge in [0, 0.05) is 50.8 Å². The van der Waals surface area contributed by atoms with Gasteiger partial charge in [-0.05, 0) is 93.0 Å². The molecule has 0 radical (unpaired) electrons. The summed E-state index contributed by atoms with van der Waals surface area (Å²) in [4.78, 5) is 2.39. The molecule has 312 valence electrons. The number of aromatic nitrogens is 1. The van der Waals surface area contributed by atoms with Crippen LogP contribution in [0.25, 0.3) is 77.6 Å². The molecule has 0 aliphatic heterocycles. The van der Waals surface area contributed by atoms with Gasteiger partial charge in [-0.25, -0.2) is 0 Å². The van der Waals surface area contributed by atoms with Crippen LogP contribution in [0.4, 0.5) is 17.1 Å². The van der Waals surface area contributed by atoms with Crippen molar-refractivity contribution < 1.29 is 0 Å². The zero-order valence-electron chi connectivity index (χ0n) is 36.5. The lowest BCUT2D eigenvalue weighted by Crippen LogP contribution is -2.12. The van der Waals surface area contributed by atoms with Crippen molar-refractivity contribution in [1.29, 1.82) is 0 Å². The molecule has 0 saturated heterocycles. The minimum Gasteiger partial charge on any atom is -0.310 e. The number of hydrogen-bond donors (Lipinski definition) is 0. The highest BCUT2D eigenvalue weighted by molar-refractivity contribution is 6.10. The smallest absolute Gasteiger partial charge is 0.0618 e. The number of nitrogens with zero attached hydrogens (tertiary/aromatic N) is 2. The fourth-order valence-corrected chi connectivity index (χ4v) is 10.1. The molecule has 0 bridgehead atoms. The molecule has 12 rings (SSSR count). The van der Waals surface area contributed by atoms with Gasteiger partial charge in [-0.2, -0.15) is 0 Å². The maximum atomic E-state index is 2.47. The Balaban J connectivity index is 0.969. The minimum atomic E-state index is 0.365. The molecule has 0 N–H and O–H groups in total. The van der Waals surface area contributed by atoms with E-state index in [1.165, 1.54) is 77.6 Å². The van der Waals surface area contributed by atoms with Crippen molar-refractivity contribution >= 4 is 44.4 Å². The second-order valence-corrected chi connectivity index (χ2v) is 17.3. The second-order valence-electron chi connectivity index (χ2n) is 17.3. The first-order valence-electron chi connectivity index (χ1n) is 22.9. The average Bonchev–Trinajstić information content (AvgIpc) is 3.73. The van der Waals surface area contributed by atoms with Gasteiger partial charge in [-0.3, -0.25) is 0 Å². The van der Waals surface area contributed by atoms with E-state index in [2.05, 4.69) is 276 Å². The van der Waals surface area contributed by atoms with Crippen LogP contribution in [0.2, 0.25) is 0 Å². The second kappa shape index (κ2) is 16.9. The zero-order chi connectivity index (χ0) is 43.8. The summed E-state index contributed by atoms with van der Waals surface area (Å²) in [7, 11) is 0. The van der Waals surface area contributed by atoms with Crippen molar-refractivity contribution in [3.05, 3.63) is 273 Å². The molecule has 2 heteroatoms. The molecule has 9 aromatic carbocycles. The summed E-state index contributed by atoms with van der Waals surface area (Å²) in [5.74, 6) is 0.776. The number of anilines is 3. The van der Waals surface area contributed by atoms with Gasteiger partial charge in [0.15, 0.2) is 0 Å². The molecule has 2 atom stereocenters. The van der Waals surface area contributed by atoms with E-state index in [9.17, 15) is 0 Å². The van der Waals surface area contributed by atoms with Crippen LogP contribution in [0, 0.1) is 11.8 Å². The molecular weight excluding hydrogens is 797 g/mol. The first-order valence-corrected chi connectivity index (χ1v) is 22.9. The van der Waals surface area contributed by atoms with Gasteiger partial charge in [-0.15, -0.1) is 0 Å². The summed E-state index contributed by atoms with van der Waals surface area (Å²) in [5.41, 5.74) is 18.8. The zero-order valence-corrected chi connectivity index (χ0v) is 36.5. The number of fused-ring (bicyclic) bond motifs is 4. The summed E-state index contributed by atoms with van der Waals surface area (Å²) in [5, 5.41) is 2.49. The fraction of sp³-hybridized carbons (Fsp3) is 0.0312. The third kappa shape index (κ3) is 7.19. The van der Waals surface area contributed by atoms with Crippen LogP contribution < -0.4 is 4.90 Å². The number of benzene rings is 9. The highest BCUT2D eigenvalue weighted by atomic mass is 15.1. The summed E-state index contributed by atoms with van der Waals surface area (Å²) in [6.45, 7) is 0. The maximum absolute atomic E-state index is 2.47. The van der Waals surface area contributed by atoms with Crippen molar-refractivity contribution in [3.8, 4) is 50.2 Å². The van der Waals surface area contributed by atoms with Crippen LogP contribution in [-0.2, 0) is 0 Å². The van der Waals surface area contributed by atoms with Gasteiger partial charge in [0.1, 0.15) is 0 Å². The molecule has 2 nitrogen and oxygen atoms in total. The van der Waals surface area contributed by atoms with Crippen LogP contribution in [0.3, 0.4) is 0 Å². The van der Waals surface area contributed by atoms with Crippen molar-refractivity contribution in [1.82, 2.24) is 4.57 Å². The van der Waals surface area contributed by atoms with E-state index in [0.717, 1.165) is 22.6 Å². The van der Waals surface area contributed by atoms with Crippen molar-refractivity contribution in [2.75, 3.05) is 4.90 Å². The van der Waals surface area contributed by atoms with E-state index in [0.29, 0.717) is 11.8 Å². The number of allylic oxidation sites excluding steroid dienone is 8. The lowest BCUT2D eigenvalue weighted by atomic mass is 9.81. The van der Waals surface area contributed by atoms with Gasteiger partial charge < -0.3 is 9.47 Å². The summed E-state index contributed by atoms with van der Waals surface area (Å²) >= 11 is 0. The lowest BCUT2D eigenvalue weighted by molar-refractivity contribution is 0.663. The Hall–Kier alpha value is -8.46. The van der Waals surface area contributed by atoms with Gasteiger partial charge in [0.2, 0.25) is 0 Å². The Labute approximate surface area is 386 Å². The SMILES string of the molecule is C1=CC2C=CC(c3cccc(N(c4ccc(-c5ccc(-c6ccccc6)cc5)cc4)c4ccc(-c5cccc(-c6ccccc6)c5-n5c6ccccc6c6ccccc65)cc4)c3)=CC2C=C1. The van der Waals surface area contributed by atoms with Crippen molar-refractivity contribution in [3.63, 3.8) is 0 Å². The van der Waals surface area contributed by atoms with Crippen LogP contribution in [0.5, 0.6) is 0 Å². The third-order valence-corrected chi connectivity index (χ3v) is 13.3. The monoisotopic (exact) mass is 842 g/mol. The molecule has 10 aromatic rings. The molecule has 2 aliphatic carbocycles. The quantitative estimate of drug-likeness (QED) is 0.141. The molecule has 0 amide bonds. The first kappa shape index (κ1) is 39.2. The third-order valence-electron chi connectivity index (χ3n) is 13.3. The number of hydrogen-bond acceptors (Lipinski definition) is 1. The molecule has 2 unspecified atom stereocenters. The van der Waals surface area contributed by atoms with E-state index in [1.54, 1.807) is 0 Å². The summed E-state index contributed by atoms with van der Waals surface area (Å²) in [6.07, 6.45) is 16.0. The molecule has 1 heterocycles. The normalized spacial score (nSPS) is 15.2. The highest BCUT2D eigenvalue weighted by Crippen LogP contribution is 2.44. The molecule has 0 spiro atoms. The largest absolute Gasteiger partial charge is 0.310 e. The standard InChI is InChI=1S/C64H46N2/c1-3-15-45(16-4-1)47-29-31-48(32-30-47)49-35-39-55(40-36-49)65(57-22-13-21-53(44-57)54-34-33-46-17-7-8-20-52(46)43-54)56-41-37-51(38-42-56)59-26-14-25-58(50-18-5-2-6-19-50)64(59)66-62-27-11-9-23-60(62)61-24-10-12-28-63(61)66/h1-44,46,52H. The van der Waals surface area contributed by atoms with Gasteiger partial charge in [-0.1, -0.05) is 218 Å². The van der Waals surface area contributed by atoms with E-state index in [1.807, 2.05) is 0 Å². The predicted octanol–water partition coefficient (Wildman–Crippen LogP) is 17.2. The minimum absolute atomic E-state index is 0.365.